The Balaban J connectivity index is 2.10. The molecule has 1 aromatic rings. The summed E-state index contributed by atoms with van der Waals surface area (Å²) in [6, 6.07) is 9.68. The molecule has 0 aromatic heterocycles. The summed E-state index contributed by atoms with van der Waals surface area (Å²) in [5.41, 5.74) is 6.64. The van der Waals surface area contributed by atoms with Crippen molar-refractivity contribution in [3.05, 3.63) is 35.9 Å². The van der Waals surface area contributed by atoms with Crippen LogP contribution in [0.3, 0.4) is 0 Å². The third kappa shape index (κ3) is 3.38. The Hall–Kier alpha value is -0.950. The summed E-state index contributed by atoms with van der Waals surface area (Å²) in [4.78, 5) is 0. The predicted molar refractivity (Wildman–Crippen MR) is 80.2 cm³/mol. The highest BCUT2D eigenvalue weighted by molar-refractivity contribution is 7.86. The monoisotopic (exact) mass is 297 g/mol. The van der Waals surface area contributed by atoms with Gasteiger partial charge in [0.2, 0.25) is 0 Å². The molecular weight excluding hydrogens is 274 g/mol. The van der Waals surface area contributed by atoms with Gasteiger partial charge in [-0.25, -0.2) is 0 Å². The molecule has 1 aliphatic heterocycles. The largest absolute Gasteiger partial charge is 0.330 e. The molecule has 0 amide bonds. The van der Waals surface area contributed by atoms with Crippen LogP contribution in [0.1, 0.15) is 18.9 Å². The summed E-state index contributed by atoms with van der Waals surface area (Å²) in [5.74, 6) is 0.292. The first-order chi connectivity index (χ1) is 9.57. The topological polar surface area (TPSA) is 66.6 Å². The highest BCUT2D eigenvalue weighted by Gasteiger charge is 2.34. The fourth-order valence-electron chi connectivity index (χ4n) is 2.51. The molecule has 1 saturated heterocycles. The van der Waals surface area contributed by atoms with Crippen molar-refractivity contribution in [1.82, 2.24) is 8.61 Å². The van der Waals surface area contributed by atoms with Gasteiger partial charge in [0.25, 0.3) is 10.2 Å². The van der Waals surface area contributed by atoms with Crippen LogP contribution in [-0.4, -0.2) is 43.2 Å². The second-order valence-corrected chi connectivity index (χ2v) is 7.10. The number of benzene rings is 1. The second-order valence-electron chi connectivity index (χ2n) is 5.17. The second kappa shape index (κ2) is 6.67. The van der Waals surface area contributed by atoms with Gasteiger partial charge in [0.05, 0.1) is 0 Å². The van der Waals surface area contributed by atoms with Gasteiger partial charge in [-0.05, 0) is 24.4 Å². The predicted octanol–water partition coefficient (Wildman–Crippen LogP) is 1.03. The van der Waals surface area contributed by atoms with Crippen molar-refractivity contribution in [2.24, 2.45) is 11.7 Å². The van der Waals surface area contributed by atoms with Gasteiger partial charge in [-0.1, -0.05) is 37.3 Å². The molecule has 0 radical (unpaired) electrons. The summed E-state index contributed by atoms with van der Waals surface area (Å²) < 4.78 is 28.4. The van der Waals surface area contributed by atoms with Crippen LogP contribution in [0.5, 0.6) is 0 Å². The minimum absolute atomic E-state index is 0.292. The van der Waals surface area contributed by atoms with Crippen molar-refractivity contribution in [3.63, 3.8) is 0 Å². The lowest BCUT2D eigenvalue weighted by Crippen LogP contribution is -2.42. The van der Waals surface area contributed by atoms with Crippen molar-refractivity contribution in [3.8, 4) is 0 Å². The summed E-state index contributed by atoms with van der Waals surface area (Å²) in [6.07, 6.45) is 0.860. The van der Waals surface area contributed by atoms with E-state index in [-0.39, 0.29) is 0 Å². The smallest absolute Gasteiger partial charge is 0.282 e. The average molecular weight is 297 g/mol. The number of hydrogen-bond donors (Lipinski definition) is 1. The first kappa shape index (κ1) is 15.4. The first-order valence-corrected chi connectivity index (χ1v) is 8.46. The van der Waals surface area contributed by atoms with Gasteiger partial charge >= 0.3 is 0 Å². The van der Waals surface area contributed by atoms with Crippen molar-refractivity contribution in [2.75, 3.05) is 26.2 Å². The summed E-state index contributed by atoms with van der Waals surface area (Å²) in [5, 5.41) is 0. The molecule has 1 aliphatic rings. The molecule has 0 spiro atoms. The third-order valence-electron chi connectivity index (χ3n) is 3.79. The van der Waals surface area contributed by atoms with Crippen LogP contribution in [0.25, 0.3) is 0 Å². The van der Waals surface area contributed by atoms with Crippen molar-refractivity contribution in [2.45, 2.75) is 19.9 Å². The van der Waals surface area contributed by atoms with Crippen molar-refractivity contribution >= 4 is 10.2 Å². The molecular formula is C14H23N3O2S. The molecule has 0 aliphatic carbocycles. The van der Waals surface area contributed by atoms with E-state index in [0.29, 0.717) is 38.6 Å². The maximum absolute atomic E-state index is 12.6. The maximum atomic E-state index is 12.6. The van der Waals surface area contributed by atoms with Crippen LogP contribution >= 0.6 is 0 Å². The molecule has 1 atom stereocenters. The van der Waals surface area contributed by atoms with Crippen LogP contribution in [0.4, 0.5) is 0 Å². The van der Waals surface area contributed by atoms with Crippen LogP contribution < -0.4 is 5.73 Å². The minimum atomic E-state index is -3.38. The van der Waals surface area contributed by atoms with E-state index < -0.39 is 10.2 Å². The lowest BCUT2D eigenvalue weighted by Gasteiger charge is -2.26. The molecule has 2 rings (SSSR count). The van der Waals surface area contributed by atoms with Crippen molar-refractivity contribution in [1.29, 1.82) is 0 Å². The molecule has 5 nitrogen and oxygen atoms in total. The summed E-state index contributed by atoms with van der Waals surface area (Å²) in [7, 11) is -3.38. The highest BCUT2D eigenvalue weighted by atomic mass is 32.2. The van der Waals surface area contributed by atoms with Crippen LogP contribution in [-0.2, 0) is 16.8 Å². The third-order valence-corrected chi connectivity index (χ3v) is 5.81. The standard InChI is InChI=1S/C14H23N3O2S/c1-2-16(11-13-6-4-3-5-7-13)20(18,19)17-9-8-14(10-15)12-17/h3-7,14H,2,8-12,15H2,1H3. The van der Waals surface area contributed by atoms with E-state index >= 15 is 0 Å². The van der Waals surface area contributed by atoms with E-state index in [4.69, 9.17) is 5.73 Å². The molecule has 1 aromatic carbocycles. The van der Waals surface area contributed by atoms with Crippen molar-refractivity contribution < 1.29 is 8.42 Å². The van der Waals surface area contributed by atoms with E-state index in [9.17, 15) is 8.42 Å². The van der Waals surface area contributed by atoms with Crippen LogP contribution in [0.15, 0.2) is 30.3 Å². The Bertz CT molecular complexity index is 518. The number of nitrogens with two attached hydrogens (primary N) is 1. The zero-order valence-corrected chi connectivity index (χ0v) is 12.7. The number of nitrogens with zero attached hydrogens (tertiary/aromatic N) is 2. The number of rotatable bonds is 6. The quantitative estimate of drug-likeness (QED) is 0.853. The molecule has 1 heterocycles. The lowest BCUT2D eigenvalue weighted by molar-refractivity contribution is 0.360. The van der Waals surface area contributed by atoms with E-state index in [2.05, 4.69) is 0 Å². The van der Waals surface area contributed by atoms with Gasteiger partial charge in [-0.3, -0.25) is 0 Å². The Morgan fingerprint density at radius 2 is 2.05 bits per heavy atom. The summed E-state index contributed by atoms with van der Waals surface area (Å²) >= 11 is 0. The van der Waals surface area contributed by atoms with Crippen LogP contribution in [0, 0.1) is 5.92 Å². The first-order valence-electron chi connectivity index (χ1n) is 7.07. The molecule has 112 valence electrons. The molecule has 1 unspecified atom stereocenters. The van der Waals surface area contributed by atoms with E-state index in [1.807, 2.05) is 37.3 Å². The Morgan fingerprint density at radius 3 is 2.60 bits per heavy atom. The Labute approximate surface area is 121 Å². The maximum Gasteiger partial charge on any atom is 0.282 e. The molecule has 1 fully saturated rings. The fourth-order valence-corrected chi connectivity index (χ4v) is 4.21. The van der Waals surface area contributed by atoms with Gasteiger partial charge in [-0.2, -0.15) is 17.0 Å². The summed E-state index contributed by atoms with van der Waals surface area (Å²) in [6.45, 7) is 4.44. The van der Waals surface area contributed by atoms with Gasteiger partial charge in [0.1, 0.15) is 0 Å². The molecule has 20 heavy (non-hydrogen) atoms. The van der Waals surface area contributed by atoms with Gasteiger partial charge in [0.15, 0.2) is 0 Å². The lowest BCUT2D eigenvalue weighted by atomic mass is 10.1. The molecule has 6 heteroatoms. The molecule has 0 saturated carbocycles. The van der Waals surface area contributed by atoms with E-state index in [1.165, 1.54) is 4.31 Å². The average Bonchev–Trinajstić information content (AvgIpc) is 2.95. The zero-order valence-electron chi connectivity index (χ0n) is 11.9. The van der Waals surface area contributed by atoms with Gasteiger partial charge in [-0.15, -0.1) is 0 Å². The SMILES string of the molecule is CCN(Cc1ccccc1)S(=O)(=O)N1CCC(CN)C1. The van der Waals surface area contributed by atoms with Gasteiger partial charge < -0.3 is 5.73 Å². The Kier molecular flexibility index (Phi) is 5.15. The van der Waals surface area contributed by atoms with Crippen LogP contribution in [0.2, 0.25) is 0 Å². The molecule has 0 bridgehead atoms. The number of hydrogen-bond acceptors (Lipinski definition) is 3. The molecule has 2 N–H and O–H groups in total. The van der Waals surface area contributed by atoms with E-state index in [0.717, 1.165) is 12.0 Å². The van der Waals surface area contributed by atoms with Gasteiger partial charge in [0, 0.05) is 26.2 Å². The van der Waals surface area contributed by atoms with E-state index in [1.54, 1.807) is 4.31 Å². The highest BCUT2D eigenvalue weighted by Crippen LogP contribution is 2.22. The zero-order chi connectivity index (χ0) is 14.6. The fraction of sp³-hybridized carbons (Fsp3) is 0.571. The normalized spacial score (nSPS) is 20.6. The minimum Gasteiger partial charge on any atom is -0.330 e. The Morgan fingerprint density at radius 1 is 1.35 bits per heavy atom.